The van der Waals surface area contributed by atoms with E-state index in [9.17, 15) is 110 Å². The van der Waals surface area contributed by atoms with Gasteiger partial charge in [0.1, 0.15) is 12.2 Å². The van der Waals surface area contributed by atoms with Gasteiger partial charge in [-0.2, -0.15) is 127 Å². The molecule has 426 valence electrons. The van der Waals surface area contributed by atoms with Crippen molar-refractivity contribution in [3.63, 3.8) is 0 Å². The van der Waals surface area contributed by atoms with Crippen LogP contribution < -0.4 is 26.4 Å². The van der Waals surface area contributed by atoms with Gasteiger partial charge in [-0.15, -0.1) is 0 Å². The van der Waals surface area contributed by atoms with Gasteiger partial charge in [0, 0.05) is 17.7 Å². The lowest BCUT2D eigenvalue weighted by Crippen LogP contribution is -2.75. The van der Waals surface area contributed by atoms with Crippen molar-refractivity contribution in [1.82, 2.24) is 0 Å². The average molecular weight is 1160 g/mol. The van der Waals surface area contributed by atoms with Gasteiger partial charge in [-0.1, -0.05) is 85.3 Å². The molecule has 5 aromatic carbocycles. The van der Waals surface area contributed by atoms with Gasteiger partial charge >= 0.3 is 55.4 Å². The summed E-state index contributed by atoms with van der Waals surface area (Å²) in [6, 6.07) is 5.14. The fraction of sp³-hybridized carbons (Fsp3) is 0.294. The van der Waals surface area contributed by atoms with E-state index in [0.717, 1.165) is 19.4 Å². The summed E-state index contributed by atoms with van der Waals surface area (Å²) in [4.78, 5) is 12.2. The van der Waals surface area contributed by atoms with Crippen LogP contribution in [0, 0.1) is 0 Å². The number of carbonyl (C=O) groups excluding carboxylic acids is 1. The highest BCUT2D eigenvalue weighted by Gasteiger charge is 2.47. The number of halogens is 24. The van der Waals surface area contributed by atoms with Gasteiger partial charge in [-0.05, 0) is 49.9 Å². The molecule has 0 amide bonds. The first-order valence-electron chi connectivity index (χ1n) is 22.7. The Kier molecular flexibility index (Phi) is 17.1. The number of nitrogens with zero attached hydrogens (tertiary/aromatic N) is 1. The largest absolute Gasteiger partial charge is 0.459 e. The molecule has 79 heavy (non-hydrogen) atoms. The fourth-order valence-electron chi connectivity index (χ4n) is 8.97. The minimum atomic E-state index is -6.13. The summed E-state index contributed by atoms with van der Waals surface area (Å²) in [6.07, 6.45) is -45.2. The van der Waals surface area contributed by atoms with Gasteiger partial charge in [-0.25, -0.2) is 9.36 Å². The zero-order valence-electron chi connectivity index (χ0n) is 39.4. The Hall–Kier alpha value is -6.90. The van der Waals surface area contributed by atoms with Crippen LogP contribution in [0.2, 0.25) is 0 Å². The lowest BCUT2D eigenvalue weighted by molar-refractivity contribution is -0.688. The van der Waals surface area contributed by atoms with Gasteiger partial charge in [-0.3, -0.25) is 0 Å². The van der Waals surface area contributed by atoms with E-state index in [1.54, 1.807) is 0 Å². The molecule has 0 bridgehead atoms. The van der Waals surface area contributed by atoms with Crippen molar-refractivity contribution in [2.75, 3.05) is 0 Å². The van der Waals surface area contributed by atoms with E-state index in [0.29, 0.717) is 5.56 Å². The van der Waals surface area contributed by atoms with Gasteiger partial charge in [0.2, 0.25) is 0 Å². The monoisotopic (exact) mass is 1160 g/mol. The summed E-state index contributed by atoms with van der Waals surface area (Å²) in [5.74, 6) is -0.196. The predicted molar refractivity (Wildman–Crippen MR) is 235 cm³/mol. The maximum Gasteiger partial charge on any atom is 0.416 e. The third-order valence-corrected chi connectivity index (χ3v) is 12.6. The number of rotatable bonds is 8. The van der Waals surface area contributed by atoms with E-state index < -0.39 is 195 Å². The molecule has 1 heterocycles. The third-order valence-electron chi connectivity index (χ3n) is 12.6. The van der Waals surface area contributed by atoms with E-state index in [1.165, 1.54) is 24.8 Å². The van der Waals surface area contributed by atoms with Gasteiger partial charge in [0.15, 0.2) is 18.9 Å². The molecule has 1 aliphatic rings. The molecule has 0 radical (unpaired) electrons. The number of hydrogen-bond donors (Lipinski definition) is 0. The first-order valence-corrected chi connectivity index (χ1v) is 22.7. The molecule has 7 rings (SSSR count). The summed E-state index contributed by atoms with van der Waals surface area (Å²) in [7, 11) is 0. The molecule has 28 heteroatoms. The average Bonchev–Trinajstić information content (AvgIpc) is 3.33. The first kappa shape index (κ1) is 61.3. The van der Waals surface area contributed by atoms with Crippen LogP contribution in [0.25, 0.3) is 0 Å². The van der Waals surface area contributed by atoms with E-state index in [-0.39, 0.29) is 12.1 Å². The zero-order chi connectivity index (χ0) is 59.1. The zero-order valence-corrected chi connectivity index (χ0v) is 39.4. The van der Waals surface area contributed by atoms with E-state index >= 15 is 0 Å². The number of benzene rings is 5. The maximum atomic E-state index is 14.2. The second-order valence-corrected chi connectivity index (χ2v) is 18.1. The molecular weight excluding hydrogens is 1130 g/mol. The second kappa shape index (κ2) is 22.0. The molecule has 1 fully saturated rings. The van der Waals surface area contributed by atoms with Crippen LogP contribution in [-0.2, 0) is 60.7 Å². The number of ether oxygens (including phenoxy) is 1. The van der Waals surface area contributed by atoms with Crippen LogP contribution in [0.1, 0.15) is 92.5 Å². The van der Waals surface area contributed by atoms with Crippen molar-refractivity contribution in [1.29, 1.82) is 0 Å². The Morgan fingerprint density at radius 2 is 0.658 bits per heavy atom. The van der Waals surface area contributed by atoms with E-state index in [2.05, 4.69) is 16.7 Å². The molecule has 1 saturated carbocycles. The number of alkyl halides is 24. The quantitative estimate of drug-likeness (QED) is 0.0658. The molecule has 0 spiro atoms. The van der Waals surface area contributed by atoms with Gasteiger partial charge in [0.25, 0.3) is 0 Å². The summed E-state index contributed by atoms with van der Waals surface area (Å²) in [5.41, 5.74) is -28.3. The molecule has 0 saturated heterocycles. The maximum absolute atomic E-state index is 14.2. The van der Waals surface area contributed by atoms with Crippen molar-refractivity contribution < 1.29 is 119 Å². The van der Waals surface area contributed by atoms with Crippen molar-refractivity contribution in [2.24, 2.45) is 0 Å². The van der Waals surface area contributed by atoms with Crippen LogP contribution in [0.3, 0.4) is 0 Å². The van der Waals surface area contributed by atoms with Gasteiger partial charge < -0.3 is 4.74 Å². The normalized spacial score (nSPS) is 14.6. The smallest absolute Gasteiger partial charge is 0.416 e. The van der Waals surface area contributed by atoms with Crippen LogP contribution in [0.4, 0.5) is 105 Å². The van der Waals surface area contributed by atoms with E-state index in [1.807, 2.05) is 42.7 Å². The molecule has 0 unspecified atom stereocenters. The van der Waals surface area contributed by atoms with Crippen LogP contribution >= 0.6 is 0 Å². The summed E-state index contributed by atoms with van der Waals surface area (Å²) in [5, 5.41) is 0. The standard InChI is InChI=1S/C32H12BF24.C19H22NO2/c34-25(35,36)13-1-14(26(37,38)39)6-21(5-13)33(22-7-15(27(40,41)42)2-16(8-22)28(43,44)45,23-9-17(29(46,47)48)3-18(10-23)30(49,50)51)24-11-19(31(52,53)54)4-20(12-24)32(55,56)57;21-19(22-18-9-5-2-6-10-18)17-11-13-20(14-12-17)15-16-7-3-1-4-8-16/h1-12H;1,3-4,7-8,11-14,18H,2,5-6,9-10,15H2/q-1;+1. The molecule has 3 nitrogen and oxygen atoms in total. The Balaban J connectivity index is 0.000000378. The Morgan fingerprint density at radius 3 is 0.911 bits per heavy atom. The Morgan fingerprint density at radius 1 is 0.392 bits per heavy atom. The lowest BCUT2D eigenvalue weighted by Gasteiger charge is -2.46. The molecule has 1 aliphatic carbocycles. The second-order valence-electron chi connectivity index (χ2n) is 18.1. The predicted octanol–water partition coefficient (Wildman–Crippen LogP) is 14.7. The molecule has 6 aromatic rings. The third kappa shape index (κ3) is 14.9. The number of esters is 1. The van der Waals surface area contributed by atoms with Crippen molar-refractivity contribution in [3.8, 4) is 0 Å². The first-order chi connectivity index (χ1) is 36.1. The highest BCUT2D eigenvalue weighted by Crippen LogP contribution is 2.41. The minimum Gasteiger partial charge on any atom is -0.459 e. The van der Waals surface area contributed by atoms with E-state index in [4.69, 9.17) is 4.74 Å². The van der Waals surface area contributed by atoms with Crippen LogP contribution in [-0.4, -0.2) is 18.2 Å². The molecule has 0 aliphatic heterocycles. The molecular formula is C51H34BF24NO2. The number of hydrogen-bond acceptors (Lipinski definition) is 2. The Bertz CT molecular complexity index is 2670. The SMILES string of the molecule is FC(F)(F)c1cc([B-](c2cc(C(F)(F)F)cc(C(F)(F)F)c2)(c2cc(C(F)(F)F)cc(C(F)(F)F)c2)c2cc(C(F)(F)F)cc(C(F)(F)F)c2)cc(C(F)(F)F)c1.O=C(OC1CCCCC1)c1cc[n+](Cc2ccccc2)cc1. The molecule has 0 N–H and O–H groups in total. The summed E-state index contributed by atoms with van der Waals surface area (Å²) in [6.45, 7) is 0.804. The van der Waals surface area contributed by atoms with Crippen LogP contribution in [0.15, 0.2) is 128 Å². The fourth-order valence-corrected chi connectivity index (χ4v) is 8.97. The highest BCUT2D eigenvalue weighted by molar-refractivity contribution is 7.20. The van der Waals surface area contributed by atoms with Crippen molar-refractivity contribution >= 4 is 34.0 Å². The van der Waals surface area contributed by atoms with Gasteiger partial charge in [0.05, 0.1) is 50.1 Å². The molecule has 0 atom stereocenters. The number of carbonyl (C=O) groups is 1. The highest BCUT2D eigenvalue weighted by atomic mass is 19.4. The summed E-state index contributed by atoms with van der Waals surface area (Å²) < 4.78 is 348. The van der Waals surface area contributed by atoms with Crippen LogP contribution in [0.5, 0.6) is 0 Å². The lowest BCUT2D eigenvalue weighted by atomic mass is 9.12. The number of pyridine rings is 1. The van der Waals surface area contributed by atoms with Crippen molar-refractivity contribution in [3.05, 3.63) is 183 Å². The summed E-state index contributed by atoms with van der Waals surface area (Å²) >= 11 is 0. The minimum absolute atomic E-state index is 0.109. The van der Waals surface area contributed by atoms with Crippen molar-refractivity contribution in [2.45, 2.75) is 94.2 Å². The topological polar surface area (TPSA) is 30.2 Å². The Labute approximate surface area is 430 Å². The number of aromatic nitrogens is 1. The molecule has 1 aromatic heterocycles.